The van der Waals surface area contributed by atoms with Crippen molar-refractivity contribution in [2.24, 2.45) is 5.73 Å². The Bertz CT molecular complexity index is 484. The number of hydrogen-bond donors (Lipinski definition) is 3. The van der Waals surface area contributed by atoms with Crippen LogP contribution in [0.2, 0.25) is 0 Å². The van der Waals surface area contributed by atoms with Crippen molar-refractivity contribution in [3.63, 3.8) is 0 Å². The number of nitrogens with two attached hydrogens (primary N) is 1. The van der Waals surface area contributed by atoms with E-state index >= 15 is 0 Å². The van der Waals surface area contributed by atoms with E-state index in [9.17, 15) is 10.2 Å². The van der Waals surface area contributed by atoms with Crippen molar-refractivity contribution < 1.29 is 10.2 Å². The number of rotatable bonds is 6. The van der Waals surface area contributed by atoms with Crippen LogP contribution in [0.15, 0.2) is 24.3 Å². The molecule has 0 aromatic heterocycles. The summed E-state index contributed by atoms with van der Waals surface area (Å²) in [6.07, 6.45) is 3.31. The lowest BCUT2D eigenvalue weighted by Crippen LogP contribution is -2.40. The van der Waals surface area contributed by atoms with Gasteiger partial charge in [-0.25, -0.2) is 0 Å². The molecule has 1 aliphatic carbocycles. The van der Waals surface area contributed by atoms with Crippen LogP contribution in [-0.2, 0) is 0 Å². The van der Waals surface area contributed by atoms with Crippen LogP contribution in [0, 0.1) is 0 Å². The standard InChI is InChI=1S/C16H24N2O2S/c1-18(11-16(20)8-2-3-9-16)10-14(19)12-4-6-13(7-5-12)15(17)21/h4-7,14,19-20H,2-3,8-11H2,1H3,(H2,17,21). The molecule has 5 heteroatoms. The molecule has 0 radical (unpaired) electrons. The Balaban J connectivity index is 1.90. The fourth-order valence-corrected chi connectivity index (χ4v) is 3.16. The van der Waals surface area contributed by atoms with E-state index in [1.165, 1.54) is 0 Å². The van der Waals surface area contributed by atoms with E-state index in [1.807, 2.05) is 36.2 Å². The lowest BCUT2D eigenvalue weighted by Gasteiger charge is -2.30. The zero-order valence-corrected chi connectivity index (χ0v) is 13.3. The van der Waals surface area contributed by atoms with Crippen molar-refractivity contribution in [2.75, 3.05) is 20.1 Å². The minimum Gasteiger partial charge on any atom is -0.389 e. The predicted molar refractivity (Wildman–Crippen MR) is 88.2 cm³/mol. The third-order valence-corrected chi connectivity index (χ3v) is 4.40. The Kier molecular flexibility index (Phi) is 5.32. The van der Waals surface area contributed by atoms with Gasteiger partial charge in [0.05, 0.1) is 11.7 Å². The largest absolute Gasteiger partial charge is 0.389 e. The molecule has 116 valence electrons. The van der Waals surface area contributed by atoms with Gasteiger partial charge < -0.3 is 20.8 Å². The van der Waals surface area contributed by atoms with Crippen LogP contribution < -0.4 is 5.73 Å². The van der Waals surface area contributed by atoms with Crippen molar-refractivity contribution in [1.29, 1.82) is 0 Å². The quantitative estimate of drug-likeness (QED) is 0.696. The highest BCUT2D eigenvalue weighted by Gasteiger charge is 2.32. The Morgan fingerprint density at radius 3 is 2.43 bits per heavy atom. The third kappa shape index (κ3) is 4.48. The number of aliphatic hydroxyl groups excluding tert-OH is 1. The number of benzene rings is 1. The first-order valence-electron chi connectivity index (χ1n) is 7.38. The summed E-state index contributed by atoms with van der Waals surface area (Å²) in [6, 6.07) is 7.34. The second-order valence-corrected chi connectivity index (χ2v) is 6.57. The van der Waals surface area contributed by atoms with Crippen molar-refractivity contribution in [3.05, 3.63) is 35.4 Å². The molecule has 0 aliphatic heterocycles. The smallest absolute Gasteiger partial charge is 0.103 e. The summed E-state index contributed by atoms with van der Waals surface area (Å²) in [5.74, 6) is 0. The lowest BCUT2D eigenvalue weighted by molar-refractivity contribution is 0.00483. The number of nitrogens with zero attached hydrogens (tertiary/aromatic N) is 1. The first kappa shape index (κ1) is 16.4. The summed E-state index contributed by atoms with van der Waals surface area (Å²) in [5.41, 5.74) is 6.61. The maximum Gasteiger partial charge on any atom is 0.103 e. The first-order chi connectivity index (χ1) is 9.89. The van der Waals surface area contributed by atoms with Crippen molar-refractivity contribution >= 4 is 17.2 Å². The lowest BCUT2D eigenvalue weighted by atomic mass is 10.0. The third-order valence-electron chi connectivity index (χ3n) is 4.16. The van der Waals surface area contributed by atoms with Gasteiger partial charge in [0.2, 0.25) is 0 Å². The number of likely N-dealkylation sites (N-methyl/N-ethyl adjacent to an activating group) is 1. The van der Waals surface area contributed by atoms with Crippen LogP contribution in [-0.4, -0.2) is 45.8 Å². The van der Waals surface area contributed by atoms with Gasteiger partial charge in [-0.1, -0.05) is 49.3 Å². The molecule has 4 N–H and O–H groups in total. The van der Waals surface area contributed by atoms with Crippen molar-refractivity contribution in [2.45, 2.75) is 37.4 Å². The van der Waals surface area contributed by atoms with E-state index in [2.05, 4.69) is 0 Å². The van der Waals surface area contributed by atoms with E-state index < -0.39 is 11.7 Å². The van der Waals surface area contributed by atoms with Gasteiger partial charge in [-0.3, -0.25) is 0 Å². The summed E-state index contributed by atoms with van der Waals surface area (Å²) in [7, 11) is 1.93. The highest BCUT2D eigenvalue weighted by atomic mass is 32.1. The summed E-state index contributed by atoms with van der Waals surface area (Å²) in [5, 5.41) is 20.7. The molecular formula is C16H24N2O2S. The Morgan fingerprint density at radius 1 is 1.33 bits per heavy atom. The molecule has 0 saturated heterocycles. The average Bonchev–Trinajstić information content (AvgIpc) is 2.84. The Labute approximate surface area is 131 Å². The van der Waals surface area contributed by atoms with Gasteiger partial charge in [-0.2, -0.15) is 0 Å². The highest BCUT2D eigenvalue weighted by Crippen LogP contribution is 2.30. The number of thiocarbonyl (C=S) groups is 1. The minimum absolute atomic E-state index is 0.358. The summed E-state index contributed by atoms with van der Waals surface area (Å²) in [6.45, 7) is 1.10. The summed E-state index contributed by atoms with van der Waals surface area (Å²) >= 11 is 4.91. The second kappa shape index (κ2) is 6.83. The molecule has 1 atom stereocenters. The molecule has 0 heterocycles. The Hall–Kier alpha value is -1.01. The van der Waals surface area contributed by atoms with Gasteiger partial charge in [-0.05, 0) is 25.5 Å². The van der Waals surface area contributed by atoms with Crippen LogP contribution >= 0.6 is 12.2 Å². The van der Waals surface area contributed by atoms with E-state index in [1.54, 1.807) is 0 Å². The van der Waals surface area contributed by atoms with E-state index in [4.69, 9.17) is 18.0 Å². The maximum atomic E-state index is 10.4. The molecule has 2 rings (SSSR count). The maximum absolute atomic E-state index is 10.4. The van der Waals surface area contributed by atoms with Gasteiger partial charge in [-0.15, -0.1) is 0 Å². The molecule has 1 aliphatic rings. The molecule has 21 heavy (non-hydrogen) atoms. The van der Waals surface area contributed by atoms with Gasteiger partial charge in [0.15, 0.2) is 0 Å². The monoisotopic (exact) mass is 308 g/mol. The molecule has 1 fully saturated rings. The van der Waals surface area contributed by atoms with Gasteiger partial charge in [0.1, 0.15) is 4.99 Å². The molecule has 4 nitrogen and oxygen atoms in total. The van der Waals surface area contributed by atoms with Gasteiger partial charge >= 0.3 is 0 Å². The van der Waals surface area contributed by atoms with E-state index in [0.717, 1.165) is 36.8 Å². The molecule has 0 bridgehead atoms. The van der Waals surface area contributed by atoms with Crippen LogP contribution in [0.3, 0.4) is 0 Å². The summed E-state index contributed by atoms with van der Waals surface area (Å²) < 4.78 is 0. The first-order valence-corrected chi connectivity index (χ1v) is 7.79. The minimum atomic E-state index is -0.583. The van der Waals surface area contributed by atoms with E-state index in [-0.39, 0.29) is 0 Å². The van der Waals surface area contributed by atoms with Crippen LogP contribution in [0.1, 0.15) is 42.9 Å². The molecule has 1 aromatic carbocycles. The van der Waals surface area contributed by atoms with E-state index in [0.29, 0.717) is 18.1 Å². The van der Waals surface area contributed by atoms with Crippen LogP contribution in [0.4, 0.5) is 0 Å². The number of hydrogen-bond acceptors (Lipinski definition) is 4. The zero-order valence-electron chi connectivity index (χ0n) is 12.5. The molecular weight excluding hydrogens is 284 g/mol. The molecule has 1 aromatic rings. The second-order valence-electron chi connectivity index (χ2n) is 6.13. The molecule has 0 amide bonds. The Morgan fingerprint density at radius 2 is 1.90 bits per heavy atom. The van der Waals surface area contributed by atoms with Crippen molar-refractivity contribution in [1.82, 2.24) is 4.90 Å². The van der Waals surface area contributed by atoms with Gasteiger partial charge in [0, 0.05) is 18.7 Å². The normalized spacial score (nSPS) is 18.9. The average molecular weight is 308 g/mol. The topological polar surface area (TPSA) is 69.7 Å². The molecule has 0 spiro atoms. The fourth-order valence-electron chi connectivity index (χ4n) is 3.03. The van der Waals surface area contributed by atoms with Gasteiger partial charge in [0.25, 0.3) is 0 Å². The van der Waals surface area contributed by atoms with Crippen molar-refractivity contribution in [3.8, 4) is 0 Å². The zero-order chi connectivity index (χ0) is 15.5. The SMILES string of the molecule is CN(CC(O)c1ccc(C(N)=S)cc1)CC1(O)CCCC1. The predicted octanol–water partition coefficient (Wildman–Crippen LogP) is 1.59. The summed E-state index contributed by atoms with van der Waals surface area (Å²) in [4.78, 5) is 2.36. The number of aliphatic hydroxyl groups is 2. The molecule has 1 unspecified atom stereocenters. The van der Waals surface area contributed by atoms with Crippen LogP contribution in [0.5, 0.6) is 0 Å². The molecule has 1 saturated carbocycles. The fraction of sp³-hybridized carbons (Fsp3) is 0.562. The highest BCUT2D eigenvalue weighted by molar-refractivity contribution is 7.80. The van der Waals surface area contributed by atoms with Crippen LogP contribution in [0.25, 0.3) is 0 Å².